The molecule has 0 spiro atoms. The van der Waals surface area contributed by atoms with Crippen molar-refractivity contribution >= 4 is 5.91 Å². The van der Waals surface area contributed by atoms with Gasteiger partial charge in [-0.25, -0.2) is 4.98 Å². The van der Waals surface area contributed by atoms with Crippen LogP contribution in [-0.2, 0) is 12.7 Å². The minimum absolute atomic E-state index is 0.0422. The Balaban J connectivity index is 2.62. The van der Waals surface area contributed by atoms with E-state index >= 15 is 0 Å². The first-order valence-corrected chi connectivity index (χ1v) is 5.69. The number of H-pyrrole nitrogens is 1. The van der Waals surface area contributed by atoms with Gasteiger partial charge in [0.05, 0.1) is 11.3 Å². The number of alkyl halides is 3. The standard InChI is InChI=1S/C12H10F3N5O/c1-3-4-20-5-7(9(19-20)12(13,14)15)8-6(2)17-11(18-8)10(16)21/h1,5H,4H2,2H3,(H2,16,21)(H,17,18). The summed E-state index contributed by atoms with van der Waals surface area (Å²) in [4.78, 5) is 17.4. The molecule has 110 valence electrons. The van der Waals surface area contributed by atoms with E-state index in [-0.39, 0.29) is 29.3 Å². The number of carbonyl (C=O) groups excluding carboxylic acids is 1. The molecule has 0 saturated heterocycles. The highest BCUT2D eigenvalue weighted by Gasteiger charge is 2.38. The van der Waals surface area contributed by atoms with E-state index in [9.17, 15) is 18.0 Å². The number of halogens is 3. The van der Waals surface area contributed by atoms with Gasteiger partial charge in [-0.3, -0.25) is 9.48 Å². The van der Waals surface area contributed by atoms with Crippen LogP contribution in [0.2, 0.25) is 0 Å². The van der Waals surface area contributed by atoms with E-state index in [0.29, 0.717) is 0 Å². The van der Waals surface area contributed by atoms with E-state index in [4.69, 9.17) is 12.2 Å². The molecule has 0 aliphatic rings. The normalized spacial score (nSPS) is 11.4. The maximum absolute atomic E-state index is 13.0. The first-order valence-electron chi connectivity index (χ1n) is 5.69. The van der Waals surface area contributed by atoms with Crippen LogP contribution in [0, 0.1) is 19.3 Å². The van der Waals surface area contributed by atoms with Crippen molar-refractivity contribution in [1.29, 1.82) is 0 Å². The summed E-state index contributed by atoms with van der Waals surface area (Å²) in [6.45, 7) is 1.36. The number of hydrogen-bond donors (Lipinski definition) is 2. The number of hydrogen-bond acceptors (Lipinski definition) is 3. The molecule has 2 heterocycles. The number of rotatable bonds is 3. The number of terminal acetylenes is 1. The van der Waals surface area contributed by atoms with Gasteiger partial charge in [-0.2, -0.15) is 18.3 Å². The molecule has 0 aromatic carbocycles. The molecule has 0 unspecified atom stereocenters. The minimum atomic E-state index is -4.67. The van der Waals surface area contributed by atoms with Crippen molar-refractivity contribution in [2.45, 2.75) is 19.6 Å². The van der Waals surface area contributed by atoms with Crippen LogP contribution in [0.5, 0.6) is 0 Å². The van der Waals surface area contributed by atoms with E-state index in [2.05, 4.69) is 21.0 Å². The third kappa shape index (κ3) is 2.74. The highest BCUT2D eigenvalue weighted by atomic mass is 19.4. The first-order chi connectivity index (χ1) is 9.74. The molecule has 0 aliphatic carbocycles. The molecule has 9 heteroatoms. The summed E-state index contributed by atoms with van der Waals surface area (Å²) in [6.07, 6.45) is 1.53. The lowest BCUT2D eigenvalue weighted by Gasteiger charge is -2.04. The van der Waals surface area contributed by atoms with Crippen molar-refractivity contribution in [2.24, 2.45) is 5.73 Å². The fourth-order valence-corrected chi connectivity index (χ4v) is 1.82. The van der Waals surface area contributed by atoms with Gasteiger partial charge in [0, 0.05) is 11.9 Å². The largest absolute Gasteiger partial charge is 0.435 e. The first kappa shape index (κ1) is 14.6. The Kier molecular flexibility index (Phi) is 3.47. The Labute approximate surface area is 117 Å². The molecule has 2 aromatic rings. The zero-order chi connectivity index (χ0) is 15.8. The molecule has 2 rings (SSSR count). The van der Waals surface area contributed by atoms with Crippen LogP contribution in [0.15, 0.2) is 6.20 Å². The number of carbonyl (C=O) groups is 1. The van der Waals surface area contributed by atoms with E-state index in [1.807, 2.05) is 0 Å². The number of aromatic amines is 1. The summed E-state index contributed by atoms with van der Waals surface area (Å²) in [6, 6.07) is 0. The van der Waals surface area contributed by atoms with Crippen molar-refractivity contribution < 1.29 is 18.0 Å². The number of nitrogens with one attached hydrogen (secondary N) is 1. The van der Waals surface area contributed by atoms with Crippen LogP contribution >= 0.6 is 0 Å². The zero-order valence-electron chi connectivity index (χ0n) is 10.8. The Bertz CT molecular complexity index is 735. The van der Waals surface area contributed by atoms with Crippen LogP contribution < -0.4 is 5.73 Å². The number of nitrogens with two attached hydrogens (primary N) is 1. The fourth-order valence-electron chi connectivity index (χ4n) is 1.82. The van der Waals surface area contributed by atoms with Crippen LogP contribution in [-0.4, -0.2) is 25.7 Å². The third-order valence-corrected chi connectivity index (χ3v) is 2.66. The summed E-state index contributed by atoms with van der Waals surface area (Å²) >= 11 is 0. The average molecular weight is 297 g/mol. The van der Waals surface area contributed by atoms with Gasteiger partial charge in [0.15, 0.2) is 11.5 Å². The van der Waals surface area contributed by atoms with Crippen LogP contribution in [0.25, 0.3) is 11.3 Å². The number of primary amides is 1. The SMILES string of the molecule is C#CCn1cc(-c2nc(C(N)=O)[nH]c2C)c(C(F)(F)F)n1. The number of nitrogens with zero attached hydrogens (tertiary/aromatic N) is 3. The lowest BCUT2D eigenvalue weighted by Crippen LogP contribution is -2.12. The predicted molar refractivity (Wildman–Crippen MR) is 66.9 cm³/mol. The quantitative estimate of drug-likeness (QED) is 0.838. The molecule has 1 amide bonds. The maximum atomic E-state index is 13.0. The highest BCUT2D eigenvalue weighted by molar-refractivity contribution is 5.90. The van der Waals surface area contributed by atoms with Crippen LogP contribution in [0.1, 0.15) is 22.0 Å². The van der Waals surface area contributed by atoms with Crippen LogP contribution in [0.3, 0.4) is 0 Å². The molecule has 0 fully saturated rings. The predicted octanol–water partition coefficient (Wildman–Crippen LogP) is 1.33. The number of aryl methyl sites for hydroxylation is 1. The summed E-state index contributed by atoms with van der Waals surface area (Å²) in [5.41, 5.74) is 3.89. The summed E-state index contributed by atoms with van der Waals surface area (Å²) in [7, 11) is 0. The summed E-state index contributed by atoms with van der Waals surface area (Å²) < 4.78 is 40.1. The van der Waals surface area contributed by atoms with Gasteiger partial charge in [-0.15, -0.1) is 6.42 Å². The monoisotopic (exact) mass is 297 g/mol. The molecule has 21 heavy (non-hydrogen) atoms. The van der Waals surface area contributed by atoms with Crippen molar-refractivity contribution in [3.05, 3.63) is 23.4 Å². The van der Waals surface area contributed by atoms with E-state index < -0.39 is 17.8 Å². The zero-order valence-corrected chi connectivity index (χ0v) is 10.8. The van der Waals surface area contributed by atoms with Crippen molar-refractivity contribution in [3.8, 4) is 23.6 Å². The fraction of sp³-hybridized carbons (Fsp3) is 0.250. The number of aromatic nitrogens is 4. The number of amides is 1. The molecule has 0 atom stereocenters. The Hall–Kier alpha value is -2.76. The van der Waals surface area contributed by atoms with Gasteiger partial charge < -0.3 is 10.7 Å². The van der Waals surface area contributed by atoms with Gasteiger partial charge in [0.1, 0.15) is 6.54 Å². The highest BCUT2D eigenvalue weighted by Crippen LogP contribution is 2.36. The van der Waals surface area contributed by atoms with Crippen molar-refractivity contribution in [2.75, 3.05) is 0 Å². The van der Waals surface area contributed by atoms with Crippen molar-refractivity contribution in [3.63, 3.8) is 0 Å². The molecule has 0 saturated carbocycles. The molecule has 0 aliphatic heterocycles. The van der Waals surface area contributed by atoms with Crippen molar-refractivity contribution in [1.82, 2.24) is 19.7 Å². The second-order valence-electron chi connectivity index (χ2n) is 4.21. The number of imidazole rings is 1. The molecule has 3 N–H and O–H groups in total. The Morgan fingerprint density at radius 1 is 1.57 bits per heavy atom. The summed E-state index contributed by atoms with van der Waals surface area (Å²) in [5.74, 6) is 1.11. The molecule has 0 radical (unpaired) electrons. The molecular formula is C12H10F3N5O. The third-order valence-electron chi connectivity index (χ3n) is 2.66. The second-order valence-corrected chi connectivity index (χ2v) is 4.21. The topological polar surface area (TPSA) is 89.6 Å². The van der Waals surface area contributed by atoms with Gasteiger partial charge in [0.2, 0.25) is 0 Å². The van der Waals surface area contributed by atoms with Gasteiger partial charge in [-0.05, 0) is 6.92 Å². The van der Waals surface area contributed by atoms with Gasteiger partial charge >= 0.3 is 6.18 Å². The Morgan fingerprint density at radius 2 is 2.24 bits per heavy atom. The molecule has 6 nitrogen and oxygen atoms in total. The molecular weight excluding hydrogens is 287 g/mol. The average Bonchev–Trinajstić information content (AvgIpc) is 2.92. The maximum Gasteiger partial charge on any atom is 0.435 e. The van der Waals surface area contributed by atoms with E-state index in [1.165, 1.54) is 6.92 Å². The minimum Gasteiger partial charge on any atom is -0.363 e. The molecule has 2 aromatic heterocycles. The smallest absolute Gasteiger partial charge is 0.363 e. The lowest BCUT2D eigenvalue weighted by molar-refractivity contribution is -0.141. The Morgan fingerprint density at radius 3 is 2.71 bits per heavy atom. The van der Waals surface area contributed by atoms with Crippen LogP contribution in [0.4, 0.5) is 13.2 Å². The van der Waals surface area contributed by atoms with Gasteiger partial charge in [-0.1, -0.05) is 5.92 Å². The van der Waals surface area contributed by atoms with Gasteiger partial charge in [0.25, 0.3) is 5.91 Å². The second kappa shape index (κ2) is 4.97. The van der Waals surface area contributed by atoms with E-state index in [1.54, 1.807) is 0 Å². The lowest BCUT2D eigenvalue weighted by atomic mass is 10.1. The molecule has 0 bridgehead atoms. The summed E-state index contributed by atoms with van der Waals surface area (Å²) in [5, 5.41) is 3.42. The van der Waals surface area contributed by atoms with E-state index in [0.717, 1.165) is 10.9 Å².